The van der Waals surface area contributed by atoms with E-state index < -0.39 is 5.60 Å². The summed E-state index contributed by atoms with van der Waals surface area (Å²) < 4.78 is 0. The van der Waals surface area contributed by atoms with E-state index in [1.807, 2.05) is 6.92 Å². The molecule has 1 N–H and O–H groups in total. The summed E-state index contributed by atoms with van der Waals surface area (Å²) in [5, 5.41) is 10.0. The summed E-state index contributed by atoms with van der Waals surface area (Å²) in [6.45, 7) is 14.3. The van der Waals surface area contributed by atoms with Crippen molar-refractivity contribution in [2.45, 2.75) is 56.9 Å². The van der Waals surface area contributed by atoms with Gasteiger partial charge in [-0.05, 0) is 43.9 Å². The number of halogens is 1. The number of rotatable bonds is 4. The molecule has 1 fully saturated rings. The monoisotopic (exact) mass is 300 g/mol. The SMILES string of the molecule is C=C[C@@](C)(O)CC[C@@H]1C(=C)CC[C@@H](Br)C1(C)C. The second-order valence-electron chi connectivity index (χ2n) is 6.14. The van der Waals surface area contributed by atoms with Crippen LogP contribution in [0.5, 0.6) is 0 Å². The van der Waals surface area contributed by atoms with Gasteiger partial charge in [-0.3, -0.25) is 0 Å². The Bertz CT molecular complexity index is 304. The van der Waals surface area contributed by atoms with E-state index in [1.165, 1.54) is 12.0 Å². The lowest BCUT2D eigenvalue weighted by Gasteiger charge is -2.45. The lowest BCUT2D eigenvalue weighted by atomic mass is 9.64. The fourth-order valence-corrected chi connectivity index (χ4v) is 3.27. The van der Waals surface area contributed by atoms with Gasteiger partial charge in [-0.15, -0.1) is 6.58 Å². The van der Waals surface area contributed by atoms with Crippen LogP contribution in [-0.2, 0) is 0 Å². The molecule has 3 atom stereocenters. The highest BCUT2D eigenvalue weighted by molar-refractivity contribution is 9.09. The van der Waals surface area contributed by atoms with Crippen LogP contribution in [-0.4, -0.2) is 15.5 Å². The second kappa shape index (κ2) is 5.27. The third-order valence-corrected chi connectivity index (χ3v) is 5.93. The summed E-state index contributed by atoms with van der Waals surface area (Å²) in [5.41, 5.74) is 0.799. The van der Waals surface area contributed by atoms with Crippen LogP contribution in [0, 0.1) is 11.3 Å². The molecule has 0 aromatic rings. The standard InChI is InChI=1S/C15H25BrO/c1-6-15(5,17)10-9-12-11(2)7-8-13(16)14(12,3)4/h6,12-13,17H,1-2,7-10H2,3-5H3/t12-,13-,15-/m1/s1. The normalized spacial score (nSPS) is 31.9. The first kappa shape index (κ1) is 15.0. The average molecular weight is 301 g/mol. The van der Waals surface area contributed by atoms with E-state index in [-0.39, 0.29) is 5.41 Å². The predicted octanol–water partition coefficient (Wildman–Crippen LogP) is 4.46. The highest BCUT2D eigenvalue weighted by Crippen LogP contribution is 2.49. The smallest absolute Gasteiger partial charge is 0.0797 e. The maximum atomic E-state index is 10.0. The molecule has 0 aliphatic heterocycles. The number of hydrogen-bond donors (Lipinski definition) is 1. The van der Waals surface area contributed by atoms with Crippen LogP contribution in [0.2, 0.25) is 0 Å². The molecule has 0 radical (unpaired) electrons. The number of allylic oxidation sites excluding steroid dienone is 1. The van der Waals surface area contributed by atoms with E-state index in [9.17, 15) is 5.11 Å². The van der Waals surface area contributed by atoms with Crippen molar-refractivity contribution in [1.29, 1.82) is 0 Å². The van der Waals surface area contributed by atoms with Crippen molar-refractivity contribution >= 4 is 15.9 Å². The van der Waals surface area contributed by atoms with Gasteiger partial charge in [0.05, 0.1) is 5.60 Å². The van der Waals surface area contributed by atoms with E-state index in [2.05, 4.69) is 42.9 Å². The molecule has 1 saturated carbocycles. The maximum Gasteiger partial charge on any atom is 0.0797 e. The Labute approximate surface area is 114 Å². The van der Waals surface area contributed by atoms with Gasteiger partial charge in [-0.1, -0.05) is 48.0 Å². The zero-order valence-corrected chi connectivity index (χ0v) is 12.9. The van der Waals surface area contributed by atoms with Gasteiger partial charge >= 0.3 is 0 Å². The van der Waals surface area contributed by atoms with Gasteiger partial charge in [0, 0.05) is 4.83 Å². The van der Waals surface area contributed by atoms with Gasteiger partial charge in [0.1, 0.15) is 0 Å². The molecule has 0 saturated heterocycles. The van der Waals surface area contributed by atoms with Crippen LogP contribution in [0.3, 0.4) is 0 Å². The Kier molecular flexibility index (Phi) is 4.65. The minimum atomic E-state index is -0.754. The Morgan fingerprint density at radius 3 is 2.71 bits per heavy atom. The maximum absolute atomic E-state index is 10.0. The molecule has 98 valence electrons. The van der Waals surface area contributed by atoms with Crippen molar-refractivity contribution in [1.82, 2.24) is 0 Å². The summed E-state index contributed by atoms with van der Waals surface area (Å²) >= 11 is 3.79. The van der Waals surface area contributed by atoms with Crippen LogP contribution in [0.15, 0.2) is 24.8 Å². The largest absolute Gasteiger partial charge is 0.386 e. The first-order valence-electron chi connectivity index (χ1n) is 6.38. The number of hydrogen-bond acceptors (Lipinski definition) is 1. The molecular weight excluding hydrogens is 276 g/mol. The molecule has 0 heterocycles. The van der Waals surface area contributed by atoms with E-state index in [0.717, 1.165) is 19.3 Å². The predicted molar refractivity (Wildman–Crippen MR) is 78.4 cm³/mol. The third kappa shape index (κ3) is 3.45. The molecule has 1 aliphatic carbocycles. The summed E-state index contributed by atoms with van der Waals surface area (Å²) in [4.78, 5) is 0.541. The van der Waals surface area contributed by atoms with E-state index in [0.29, 0.717) is 10.7 Å². The first-order chi connectivity index (χ1) is 7.70. The Morgan fingerprint density at radius 2 is 2.18 bits per heavy atom. The lowest BCUT2D eigenvalue weighted by molar-refractivity contribution is 0.0813. The molecule has 0 aromatic carbocycles. The average Bonchev–Trinajstić information content (AvgIpc) is 2.23. The van der Waals surface area contributed by atoms with Crippen molar-refractivity contribution in [3.05, 3.63) is 24.8 Å². The van der Waals surface area contributed by atoms with Crippen molar-refractivity contribution in [3.63, 3.8) is 0 Å². The van der Waals surface area contributed by atoms with Gasteiger partial charge in [0.2, 0.25) is 0 Å². The van der Waals surface area contributed by atoms with Gasteiger partial charge in [0.15, 0.2) is 0 Å². The van der Waals surface area contributed by atoms with Crippen molar-refractivity contribution in [3.8, 4) is 0 Å². The zero-order chi connectivity index (χ0) is 13.3. The molecule has 0 unspecified atom stereocenters. The molecular formula is C15H25BrO. The molecule has 17 heavy (non-hydrogen) atoms. The summed E-state index contributed by atoms with van der Waals surface area (Å²) in [7, 11) is 0. The van der Waals surface area contributed by atoms with Gasteiger partial charge in [-0.25, -0.2) is 0 Å². The zero-order valence-electron chi connectivity index (χ0n) is 11.3. The van der Waals surface area contributed by atoms with Crippen LogP contribution < -0.4 is 0 Å². The lowest BCUT2D eigenvalue weighted by Crippen LogP contribution is -2.39. The fraction of sp³-hybridized carbons (Fsp3) is 0.733. The second-order valence-corrected chi connectivity index (χ2v) is 7.24. The molecule has 0 spiro atoms. The molecule has 1 aliphatic rings. The molecule has 0 bridgehead atoms. The third-order valence-electron chi connectivity index (χ3n) is 4.30. The minimum Gasteiger partial charge on any atom is -0.386 e. The first-order valence-corrected chi connectivity index (χ1v) is 7.30. The van der Waals surface area contributed by atoms with E-state index in [4.69, 9.17) is 0 Å². The Morgan fingerprint density at radius 1 is 1.59 bits per heavy atom. The van der Waals surface area contributed by atoms with Crippen LogP contribution >= 0.6 is 15.9 Å². The van der Waals surface area contributed by atoms with E-state index >= 15 is 0 Å². The minimum absolute atomic E-state index is 0.215. The number of aliphatic hydroxyl groups is 1. The molecule has 0 amide bonds. The van der Waals surface area contributed by atoms with Crippen molar-refractivity contribution in [2.24, 2.45) is 11.3 Å². The van der Waals surface area contributed by atoms with Crippen LogP contribution in [0.4, 0.5) is 0 Å². The highest BCUT2D eigenvalue weighted by Gasteiger charge is 2.41. The summed E-state index contributed by atoms with van der Waals surface area (Å²) in [5.74, 6) is 0.479. The quantitative estimate of drug-likeness (QED) is 0.600. The molecule has 1 rings (SSSR count). The molecule has 1 nitrogen and oxygen atoms in total. The van der Waals surface area contributed by atoms with Crippen LogP contribution in [0.1, 0.15) is 46.5 Å². The summed E-state index contributed by atoms with van der Waals surface area (Å²) in [6.07, 6.45) is 5.63. The van der Waals surface area contributed by atoms with Gasteiger partial charge in [0.25, 0.3) is 0 Å². The van der Waals surface area contributed by atoms with Crippen molar-refractivity contribution < 1.29 is 5.11 Å². The number of alkyl halides is 1. The van der Waals surface area contributed by atoms with Gasteiger partial charge in [-0.2, -0.15) is 0 Å². The van der Waals surface area contributed by atoms with Crippen LogP contribution in [0.25, 0.3) is 0 Å². The molecule has 2 heteroatoms. The summed E-state index contributed by atoms with van der Waals surface area (Å²) in [6, 6.07) is 0. The van der Waals surface area contributed by atoms with E-state index in [1.54, 1.807) is 6.08 Å². The Hall–Kier alpha value is -0.0800. The topological polar surface area (TPSA) is 20.2 Å². The Balaban J connectivity index is 2.73. The molecule has 0 aromatic heterocycles. The van der Waals surface area contributed by atoms with Gasteiger partial charge < -0.3 is 5.11 Å². The van der Waals surface area contributed by atoms with Crippen molar-refractivity contribution in [2.75, 3.05) is 0 Å². The highest BCUT2D eigenvalue weighted by atomic mass is 79.9. The fourth-order valence-electron chi connectivity index (χ4n) is 2.72.